The van der Waals surface area contributed by atoms with Gasteiger partial charge in [0.25, 0.3) is 10.0 Å². The third-order valence-electron chi connectivity index (χ3n) is 3.05. The van der Waals surface area contributed by atoms with E-state index >= 15 is 0 Å². The molecular weight excluding hydrogens is 300 g/mol. The lowest BCUT2D eigenvalue weighted by Crippen LogP contribution is -2.34. The summed E-state index contributed by atoms with van der Waals surface area (Å²) < 4.78 is 31.1. The van der Waals surface area contributed by atoms with Crippen molar-refractivity contribution >= 4 is 27.3 Å². The summed E-state index contributed by atoms with van der Waals surface area (Å²) in [4.78, 5) is 15.4. The van der Waals surface area contributed by atoms with E-state index in [1.165, 1.54) is 16.9 Å². The number of sulfonamides is 1. The third-order valence-corrected chi connectivity index (χ3v) is 6.34. The topological polar surface area (TPSA) is 76.6 Å². The van der Waals surface area contributed by atoms with E-state index in [1.807, 2.05) is 13.8 Å². The van der Waals surface area contributed by atoms with Crippen molar-refractivity contribution in [3.8, 4) is 0 Å². The van der Waals surface area contributed by atoms with Gasteiger partial charge in [-0.1, -0.05) is 27.2 Å². The van der Waals surface area contributed by atoms with E-state index in [1.54, 1.807) is 6.92 Å². The second-order valence-electron chi connectivity index (χ2n) is 4.45. The molecule has 1 rings (SSSR count). The molecule has 0 aliphatic heterocycles. The number of esters is 1. The third kappa shape index (κ3) is 3.56. The molecular formula is C12H20N2O4S2. The summed E-state index contributed by atoms with van der Waals surface area (Å²) >= 11 is 0.937. The number of ether oxygens (including phenoxy) is 1. The molecule has 1 heterocycles. The largest absolute Gasteiger partial charge is 0.464 e. The van der Waals surface area contributed by atoms with Crippen LogP contribution in [0.2, 0.25) is 0 Å². The summed E-state index contributed by atoms with van der Waals surface area (Å²) in [6.07, 6.45) is 0.887. The minimum Gasteiger partial charge on any atom is -0.464 e. The first kappa shape index (κ1) is 17.1. The SMILES string of the molecule is CCC(C)CN(CC)S(=O)(=O)c1scnc1C(=O)OC. The standard InChI is InChI=1S/C12H20N2O4S2/c1-5-9(3)7-14(6-2)20(16,17)12-10(11(15)18-4)13-8-19-12/h8-9H,5-7H2,1-4H3. The normalized spacial score (nSPS) is 13.4. The maximum absolute atomic E-state index is 12.6. The Labute approximate surface area is 123 Å². The molecule has 0 radical (unpaired) electrons. The lowest BCUT2D eigenvalue weighted by atomic mass is 10.1. The monoisotopic (exact) mass is 320 g/mol. The van der Waals surface area contributed by atoms with Gasteiger partial charge in [-0.25, -0.2) is 18.2 Å². The zero-order valence-corrected chi connectivity index (χ0v) is 13.8. The van der Waals surface area contributed by atoms with Crippen molar-refractivity contribution < 1.29 is 17.9 Å². The summed E-state index contributed by atoms with van der Waals surface area (Å²) in [5.41, 5.74) is 1.20. The van der Waals surface area contributed by atoms with Gasteiger partial charge in [0.1, 0.15) is 0 Å². The van der Waals surface area contributed by atoms with E-state index in [-0.39, 0.29) is 15.8 Å². The molecule has 1 unspecified atom stereocenters. The second kappa shape index (κ2) is 7.14. The highest BCUT2D eigenvalue weighted by atomic mass is 32.2. The predicted molar refractivity (Wildman–Crippen MR) is 77.3 cm³/mol. The molecule has 0 amide bonds. The van der Waals surface area contributed by atoms with Crippen molar-refractivity contribution in [1.82, 2.24) is 9.29 Å². The Bertz CT molecular complexity index is 554. The minimum atomic E-state index is -3.71. The van der Waals surface area contributed by atoms with Crippen LogP contribution in [0.25, 0.3) is 0 Å². The fourth-order valence-electron chi connectivity index (χ4n) is 1.64. The molecule has 0 saturated heterocycles. The molecule has 114 valence electrons. The van der Waals surface area contributed by atoms with Gasteiger partial charge in [-0.3, -0.25) is 0 Å². The smallest absolute Gasteiger partial charge is 0.358 e. The number of thiazole rings is 1. The van der Waals surface area contributed by atoms with E-state index in [9.17, 15) is 13.2 Å². The molecule has 0 aliphatic rings. The highest BCUT2D eigenvalue weighted by molar-refractivity contribution is 7.91. The average Bonchev–Trinajstić information content (AvgIpc) is 2.93. The van der Waals surface area contributed by atoms with Crippen LogP contribution in [0, 0.1) is 5.92 Å². The maximum Gasteiger partial charge on any atom is 0.358 e. The van der Waals surface area contributed by atoms with Crippen LogP contribution in [0.1, 0.15) is 37.7 Å². The van der Waals surface area contributed by atoms with Gasteiger partial charge in [0.05, 0.1) is 12.6 Å². The zero-order chi connectivity index (χ0) is 15.3. The molecule has 1 aromatic heterocycles. The number of hydrogen-bond acceptors (Lipinski definition) is 6. The maximum atomic E-state index is 12.6. The number of carbonyl (C=O) groups is 1. The Balaban J connectivity index is 3.15. The van der Waals surface area contributed by atoms with Gasteiger partial charge in [0.15, 0.2) is 9.90 Å². The zero-order valence-electron chi connectivity index (χ0n) is 12.1. The van der Waals surface area contributed by atoms with Crippen LogP contribution < -0.4 is 0 Å². The minimum absolute atomic E-state index is 0.0468. The molecule has 6 nitrogen and oxygen atoms in total. The number of methoxy groups -OCH3 is 1. The highest BCUT2D eigenvalue weighted by Gasteiger charge is 2.31. The molecule has 0 fully saturated rings. The molecule has 20 heavy (non-hydrogen) atoms. The number of rotatable bonds is 7. The predicted octanol–water partition coefficient (Wildman–Crippen LogP) is 1.99. The van der Waals surface area contributed by atoms with Gasteiger partial charge in [0.2, 0.25) is 0 Å². The fraction of sp³-hybridized carbons (Fsp3) is 0.667. The van der Waals surface area contributed by atoms with Gasteiger partial charge in [-0.15, -0.1) is 11.3 Å². The van der Waals surface area contributed by atoms with Crippen LogP contribution >= 0.6 is 11.3 Å². The van der Waals surface area contributed by atoms with Crippen molar-refractivity contribution in [1.29, 1.82) is 0 Å². The molecule has 0 aliphatic carbocycles. The number of hydrogen-bond donors (Lipinski definition) is 0. The second-order valence-corrected chi connectivity index (χ2v) is 7.44. The van der Waals surface area contributed by atoms with Crippen LogP contribution in [0.5, 0.6) is 0 Å². The molecule has 1 atom stereocenters. The highest BCUT2D eigenvalue weighted by Crippen LogP contribution is 2.25. The van der Waals surface area contributed by atoms with Gasteiger partial charge in [-0.2, -0.15) is 4.31 Å². The van der Waals surface area contributed by atoms with Gasteiger partial charge < -0.3 is 4.74 Å². The number of aromatic nitrogens is 1. The fourth-order valence-corrected chi connectivity index (χ4v) is 4.48. The quantitative estimate of drug-likeness (QED) is 0.718. The van der Waals surface area contributed by atoms with Crippen LogP contribution in [-0.4, -0.2) is 43.9 Å². The molecule has 0 saturated carbocycles. The Kier molecular flexibility index (Phi) is 6.09. The Morgan fingerprint density at radius 3 is 2.65 bits per heavy atom. The first-order chi connectivity index (χ1) is 9.38. The molecule has 0 aromatic carbocycles. The van der Waals surface area contributed by atoms with E-state index < -0.39 is 16.0 Å². The Hall–Kier alpha value is -0.990. The Morgan fingerprint density at radius 1 is 1.50 bits per heavy atom. The van der Waals surface area contributed by atoms with Crippen LogP contribution in [0.4, 0.5) is 0 Å². The lowest BCUT2D eigenvalue weighted by Gasteiger charge is -2.22. The van der Waals surface area contributed by atoms with Crippen molar-refractivity contribution in [2.75, 3.05) is 20.2 Å². The van der Waals surface area contributed by atoms with E-state index in [4.69, 9.17) is 0 Å². The first-order valence-electron chi connectivity index (χ1n) is 6.40. The summed E-state index contributed by atoms with van der Waals surface area (Å²) in [6.45, 7) is 6.56. The first-order valence-corrected chi connectivity index (χ1v) is 8.72. The van der Waals surface area contributed by atoms with E-state index in [2.05, 4.69) is 9.72 Å². The molecule has 0 N–H and O–H groups in total. The van der Waals surface area contributed by atoms with Crippen molar-refractivity contribution in [2.45, 2.75) is 31.4 Å². The van der Waals surface area contributed by atoms with Crippen LogP contribution in [0.3, 0.4) is 0 Å². The summed E-state index contributed by atoms with van der Waals surface area (Å²) in [7, 11) is -2.51. The van der Waals surface area contributed by atoms with E-state index in [0.29, 0.717) is 13.1 Å². The molecule has 1 aromatic rings. The lowest BCUT2D eigenvalue weighted by molar-refractivity contribution is 0.0590. The molecule has 0 bridgehead atoms. The number of nitrogens with zero attached hydrogens (tertiary/aromatic N) is 2. The van der Waals surface area contributed by atoms with Crippen LogP contribution in [-0.2, 0) is 14.8 Å². The van der Waals surface area contributed by atoms with Crippen molar-refractivity contribution in [3.63, 3.8) is 0 Å². The van der Waals surface area contributed by atoms with Crippen molar-refractivity contribution in [3.05, 3.63) is 11.2 Å². The van der Waals surface area contributed by atoms with Gasteiger partial charge in [0, 0.05) is 13.1 Å². The van der Waals surface area contributed by atoms with E-state index in [0.717, 1.165) is 17.8 Å². The Morgan fingerprint density at radius 2 is 2.15 bits per heavy atom. The summed E-state index contributed by atoms with van der Waals surface area (Å²) in [5, 5.41) is 0. The van der Waals surface area contributed by atoms with Crippen molar-refractivity contribution in [2.24, 2.45) is 5.92 Å². The summed E-state index contributed by atoms with van der Waals surface area (Å²) in [6, 6.07) is 0. The van der Waals surface area contributed by atoms with Crippen LogP contribution in [0.15, 0.2) is 9.72 Å². The summed E-state index contributed by atoms with van der Waals surface area (Å²) in [5.74, 6) is -0.483. The van der Waals surface area contributed by atoms with Gasteiger partial charge in [-0.05, 0) is 5.92 Å². The molecule has 8 heteroatoms. The number of carbonyl (C=O) groups excluding carboxylic acids is 1. The molecule has 0 spiro atoms. The van der Waals surface area contributed by atoms with Gasteiger partial charge >= 0.3 is 5.97 Å². The average molecular weight is 320 g/mol.